The highest BCUT2D eigenvalue weighted by atomic mass is 19.1. The van der Waals surface area contributed by atoms with Gasteiger partial charge in [0.15, 0.2) is 0 Å². The minimum absolute atomic E-state index is 0.141. The van der Waals surface area contributed by atoms with E-state index in [0.717, 1.165) is 16.7 Å². The lowest BCUT2D eigenvalue weighted by molar-refractivity contribution is 0.621. The van der Waals surface area contributed by atoms with E-state index in [1.807, 2.05) is 0 Å². The molecule has 0 bridgehead atoms. The molecule has 2 rings (SSSR count). The zero-order valence-electron chi connectivity index (χ0n) is 13.9. The first-order chi connectivity index (χ1) is 9.79. The molecular formula is C20H25F. The molecule has 0 nitrogen and oxygen atoms in total. The predicted molar refractivity (Wildman–Crippen MR) is 89.5 cm³/mol. The summed E-state index contributed by atoms with van der Waals surface area (Å²) in [7, 11) is 0. The average molecular weight is 284 g/mol. The minimum atomic E-state index is -0.141. The van der Waals surface area contributed by atoms with Crippen LogP contribution in [0.15, 0.2) is 30.3 Å². The van der Waals surface area contributed by atoms with E-state index in [4.69, 9.17) is 0 Å². The standard InChI is InChI=1S/C20H25F/c1-12(2)18-10-17(21)11-19(20(18)13(3)4)16-8-14(5)7-15(6)9-16/h7-13H,1-6H3. The third-order valence-electron chi connectivity index (χ3n) is 3.91. The smallest absolute Gasteiger partial charge is 0.124 e. The van der Waals surface area contributed by atoms with Gasteiger partial charge >= 0.3 is 0 Å². The normalized spacial score (nSPS) is 11.5. The maximum atomic E-state index is 14.1. The summed E-state index contributed by atoms with van der Waals surface area (Å²) in [5, 5.41) is 0. The molecule has 0 saturated carbocycles. The molecule has 2 aromatic rings. The van der Waals surface area contributed by atoms with Gasteiger partial charge in [0.05, 0.1) is 0 Å². The number of benzene rings is 2. The van der Waals surface area contributed by atoms with E-state index in [9.17, 15) is 4.39 Å². The lowest BCUT2D eigenvalue weighted by atomic mass is 9.84. The fourth-order valence-electron chi connectivity index (χ4n) is 3.13. The fraction of sp³-hybridized carbons (Fsp3) is 0.400. The monoisotopic (exact) mass is 284 g/mol. The fourth-order valence-corrected chi connectivity index (χ4v) is 3.13. The molecule has 0 amide bonds. The van der Waals surface area contributed by atoms with Gasteiger partial charge in [-0.15, -0.1) is 0 Å². The van der Waals surface area contributed by atoms with Crippen molar-refractivity contribution < 1.29 is 4.39 Å². The van der Waals surface area contributed by atoms with Gasteiger partial charge in [0.25, 0.3) is 0 Å². The van der Waals surface area contributed by atoms with Crippen molar-refractivity contribution in [3.8, 4) is 11.1 Å². The molecule has 0 N–H and O–H groups in total. The van der Waals surface area contributed by atoms with E-state index in [0.29, 0.717) is 11.8 Å². The van der Waals surface area contributed by atoms with Gasteiger partial charge in [-0.2, -0.15) is 0 Å². The van der Waals surface area contributed by atoms with Gasteiger partial charge < -0.3 is 0 Å². The average Bonchev–Trinajstić information content (AvgIpc) is 2.35. The maximum Gasteiger partial charge on any atom is 0.124 e. The molecule has 2 aromatic carbocycles. The van der Waals surface area contributed by atoms with Gasteiger partial charge in [-0.25, -0.2) is 4.39 Å². The lowest BCUT2D eigenvalue weighted by Crippen LogP contribution is -2.03. The molecular weight excluding hydrogens is 259 g/mol. The van der Waals surface area contributed by atoms with E-state index in [2.05, 4.69) is 59.7 Å². The van der Waals surface area contributed by atoms with Crippen LogP contribution in [0.2, 0.25) is 0 Å². The Morgan fingerprint density at radius 2 is 1.33 bits per heavy atom. The van der Waals surface area contributed by atoms with Gasteiger partial charge in [-0.3, -0.25) is 0 Å². The van der Waals surface area contributed by atoms with Crippen molar-refractivity contribution in [1.29, 1.82) is 0 Å². The zero-order chi connectivity index (χ0) is 15.7. The summed E-state index contributed by atoms with van der Waals surface area (Å²) in [6.45, 7) is 12.8. The Bertz CT molecular complexity index is 631. The molecule has 1 heteroatoms. The summed E-state index contributed by atoms with van der Waals surface area (Å²) >= 11 is 0. The van der Waals surface area contributed by atoms with Gasteiger partial charge in [-0.1, -0.05) is 57.0 Å². The third kappa shape index (κ3) is 3.34. The van der Waals surface area contributed by atoms with Crippen molar-refractivity contribution >= 4 is 0 Å². The van der Waals surface area contributed by atoms with Crippen molar-refractivity contribution in [2.45, 2.75) is 53.4 Å². The molecule has 0 saturated heterocycles. The maximum absolute atomic E-state index is 14.1. The lowest BCUT2D eigenvalue weighted by Gasteiger charge is -2.21. The summed E-state index contributed by atoms with van der Waals surface area (Å²) in [5.41, 5.74) is 7.00. The van der Waals surface area contributed by atoms with Crippen molar-refractivity contribution in [1.82, 2.24) is 0 Å². The SMILES string of the molecule is Cc1cc(C)cc(-c2cc(F)cc(C(C)C)c2C(C)C)c1. The Labute approximate surface area is 128 Å². The van der Waals surface area contributed by atoms with Crippen LogP contribution in [-0.4, -0.2) is 0 Å². The number of rotatable bonds is 3. The molecule has 0 aliphatic rings. The summed E-state index contributed by atoms with van der Waals surface area (Å²) in [6, 6.07) is 9.85. The summed E-state index contributed by atoms with van der Waals surface area (Å²) in [4.78, 5) is 0. The van der Waals surface area contributed by atoms with Crippen LogP contribution < -0.4 is 0 Å². The van der Waals surface area contributed by atoms with Crippen molar-refractivity contribution in [3.63, 3.8) is 0 Å². The van der Waals surface area contributed by atoms with Crippen LogP contribution in [0.3, 0.4) is 0 Å². The van der Waals surface area contributed by atoms with Crippen molar-refractivity contribution in [2.75, 3.05) is 0 Å². The van der Waals surface area contributed by atoms with Crippen LogP contribution in [0.25, 0.3) is 11.1 Å². The van der Waals surface area contributed by atoms with Gasteiger partial charge in [0.1, 0.15) is 5.82 Å². The van der Waals surface area contributed by atoms with Gasteiger partial charge in [-0.05, 0) is 60.1 Å². The van der Waals surface area contributed by atoms with E-state index >= 15 is 0 Å². The second-order valence-corrected chi connectivity index (χ2v) is 6.64. The highest BCUT2D eigenvalue weighted by molar-refractivity contribution is 5.71. The highest BCUT2D eigenvalue weighted by Gasteiger charge is 2.17. The minimum Gasteiger partial charge on any atom is -0.207 e. The van der Waals surface area contributed by atoms with E-state index in [1.54, 1.807) is 12.1 Å². The number of aryl methyl sites for hydroxylation is 2. The Kier molecular flexibility index (Phi) is 4.51. The van der Waals surface area contributed by atoms with E-state index in [1.165, 1.54) is 16.7 Å². The van der Waals surface area contributed by atoms with Gasteiger partial charge in [0, 0.05) is 0 Å². The number of hydrogen-bond acceptors (Lipinski definition) is 0. The topological polar surface area (TPSA) is 0 Å². The first-order valence-electron chi connectivity index (χ1n) is 7.71. The number of hydrogen-bond donors (Lipinski definition) is 0. The zero-order valence-corrected chi connectivity index (χ0v) is 13.9. The summed E-state index contributed by atoms with van der Waals surface area (Å²) in [5.74, 6) is 0.554. The second-order valence-electron chi connectivity index (χ2n) is 6.64. The molecule has 0 spiro atoms. The molecule has 0 heterocycles. The van der Waals surface area contributed by atoms with E-state index < -0.39 is 0 Å². The Morgan fingerprint density at radius 3 is 1.81 bits per heavy atom. The molecule has 112 valence electrons. The van der Waals surface area contributed by atoms with Crippen LogP contribution in [0.5, 0.6) is 0 Å². The summed E-state index contributed by atoms with van der Waals surface area (Å²) in [6.07, 6.45) is 0. The quantitative estimate of drug-likeness (QED) is 0.615. The van der Waals surface area contributed by atoms with Crippen LogP contribution in [-0.2, 0) is 0 Å². The first-order valence-corrected chi connectivity index (χ1v) is 7.71. The Hall–Kier alpha value is -1.63. The summed E-state index contributed by atoms with van der Waals surface area (Å²) < 4.78 is 14.1. The highest BCUT2D eigenvalue weighted by Crippen LogP contribution is 2.36. The molecule has 0 unspecified atom stereocenters. The van der Waals surface area contributed by atoms with Crippen LogP contribution in [0, 0.1) is 19.7 Å². The number of halogens is 1. The molecule has 0 aromatic heterocycles. The third-order valence-corrected chi connectivity index (χ3v) is 3.91. The first kappa shape index (κ1) is 15.8. The van der Waals surface area contributed by atoms with E-state index in [-0.39, 0.29) is 5.82 Å². The molecule has 0 radical (unpaired) electrons. The molecule has 21 heavy (non-hydrogen) atoms. The molecule has 0 fully saturated rings. The van der Waals surface area contributed by atoms with Crippen LogP contribution >= 0.6 is 0 Å². The van der Waals surface area contributed by atoms with Crippen molar-refractivity contribution in [2.24, 2.45) is 0 Å². The Balaban J connectivity index is 2.78. The predicted octanol–water partition coefficient (Wildman–Crippen LogP) is 6.36. The van der Waals surface area contributed by atoms with Gasteiger partial charge in [0.2, 0.25) is 0 Å². The van der Waals surface area contributed by atoms with Crippen LogP contribution in [0.1, 0.15) is 61.8 Å². The van der Waals surface area contributed by atoms with Crippen LogP contribution in [0.4, 0.5) is 4.39 Å². The Morgan fingerprint density at radius 1 is 0.762 bits per heavy atom. The largest absolute Gasteiger partial charge is 0.207 e. The molecule has 0 aliphatic carbocycles. The molecule has 0 atom stereocenters. The molecule has 0 aliphatic heterocycles. The second kappa shape index (κ2) is 6.01. The van der Waals surface area contributed by atoms with Crippen molar-refractivity contribution in [3.05, 3.63) is 58.4 Å².